The van der Waals surface area contributed by atoms with Crippen LogP contribution in [-0.4, -0.2) is 22.5 Å². The number of carbonyl (C=O) groups is 1. The molecule has 0 bridgehead atoms. The van der Waals surface area contributed by atoms with E-state index < -0.39 is 29.3 Å². The molecule has 1 heterocycles. The number of halogens is 4. The van der Waals surface area contributed by atoms with E-state index in [0.29, 0.717) is 23.1 Å². The van der Waals surface area contributed by atoms with Crippen molar-refractivity contribution in [3.05, 3.63) is 58.9 Å². The third kappa shape index (κ3) is 4.51. The maximum absolute atomic E-state index is 12.9. The topological polar surface area (TPSA) is 64.1 Å². The van der Waals surface area contributed by atoms with Crippen molar-refractivity contribution < 1.29 is 22.7 Å². The summed E-state index contributed by atoms with van der Waals surface area (Å²) in [7, 11) is 0. The first-order valence-corrected chi connectivity index (χ1v) is 8.70. The van der Waals surface area contributed by atoms with Crippen molar-refractivity contribution in [2.24, 2.45) is 0 Å². The number of hydrogen-bond donors (Lipinski definition) is 1. The molecule has 2 aromatic carbocycles. The van der Waals surface area contributed by atoms with Gasteiger partial charge in [-0.15, -0.1) is 0 Å². The quantitative estimate of drug-likeness (QED) is 0.652. The Morgan fingerprint density at radius 3 is 2.64 bits per heavy atom. The van der Waals surface area contributed by atoms with Gasteiger partial charge in [0.2, 0.25) is 5.88 Å². The summed E-state index contributed by atoms with van der Waals surface area (Å²) >= 11 is 5.57. The lowest BCUT2D eigenvalue weighted by Gasteiger charge is -2.12. The van der Waals surface area contributed by atoms with Crippen LogP contribution in [-0.2, 0) is 17.4 Å². The molecule has 146 valence electrons. The van der Waals surface area contributed by atoms with Gasteiger partial charge in [0, 0.05) is 12.1 Å². The second-order valence-corrected chi connectivity index (χ2v) is 6.25. The molecule has 0 aliphatic heterocycles. The van der Waals surface area contributed by atoms with Gasteiger partial charge in [0.1, 0.15) is 5.82 Å². The molecule has 0 radical (unpaired) electrons. The number of nitrogens with zero attached hydrogens (tertiary/aromatic N) is 2. The maximum Gasteiger partial charge on any atom is 0.417 e. The molecule has 0 aliphatic rings. The van der Waals surface area contributed by atoms with Crippen LogP contribution >= 0.6 is 11.6 Å². The van der Waals surface area contributed by atoms with Crippen LogP contribution in [0, 0.1) is 0 Å². The smallest absolute Gasteiger partial charge is 0.417 e. The summed E-state index contributed by atoms with van der Waals surface area (Å²) in [5, 5.41) is 2.56. The predicted molar refractivity (Wildman–Crippen MR) is 99.5 cm³/mol. The lowest BCUT2D eigenvalue weighted by atomic mass is 10.2. The number of carbonyl (C=O) groups excluding carboxylic acids is 1. The number of fused-ring (bicyclic) bond motifs is 1. The van der Waals surface area contributed by atoms with E-state index in [4.69, 9.17) is 16.3 Å². The summed E-state index contributed by atoms with van der Waals surface area (Å²) < 4.78 is 44.3. The first-order chi connectivity index (χ1) is 13.3. The Bertz CT molecular complexity index is 1020. The molecule has 1 amide bonds. The van der Waals surface area contributed by atoms with Crippen LogP contribution in [0.1, 0.15) is 18.3 Å². The molecule has 9 heteroatoms. The number of hydrogen-bond acceptors (Lipinski definition) is 4. The first kappa shape index (κ1) is 19.9. The van der Waals surface area contributed by atoms with Gasteiger partial charge < -0.3 is 10.1 Å². The average Bonchev–Trinajstić information content (AvgIpc) is 2.66. The van der Waals surface area contributed by atoms with E-state index in [1.165, 1.54) is 6.07 Å². The first-order valence-electron chi connectivity index (χ1n) is 8.33. The second-order valence-electron chi connectivity index (χ2n) is 5.84. The van der Waals surface area contributed by atoms with Crippen LogP contribution in [0.25, 0.3) is 10.9 Å². The summed E-state index contributed by atoms with van der Waals surface area (Å²) in [6, 6.07) is 10.3. The minimum Gasteiger partial charge on any atom is -0.467 e. The fourth-order valence-corrected chi connectivity index (χ4v) is 2.74. The third-order valence-electron chi connectivity index (χ3n) is 3.83. The van der Waals surface area contributed by atoms with Crippen LogP contribution in [0.5, 0.6) is 5.88 Å². The maximum atomic E-state index is 12.9. The van der Waals surface area contributed by atoms with E-state index in [1.54, 1.807) is 18.2 Å². The summed E-state index contributed by atoms with van der Waals surface area (Å²) in [5.74, 6) is 0.169. The average molecular weight is 410 g/mol. The molecular weight excluding hydrogens is 395 g/mol. The van der Waals surface area contributed by atoms with Crippen molar-refractivity contribution in [1.82, 2.24) is 9.97 Å². The van der Waals surface area contributed by atoms with Gasteiger partial charge in [0.05, 0.1) is 21.5 Å². The Kier molecular flexibility index (Phi) is 5.69. The van der Waals surface area contributed by atoms with Crippen molar-refractivity contribution in [2.75, 3.05) is 11.9 Å². The van der Waals surface area contributed by atoms with Crippen LogP contribution in [0.15, 0.2) is 42.5 Å². The molecule has 1 aromatic heterocycles. The molecular formula is C19H15ClF3N3O2. The van der Waals surface area contributed by atoms with Crippen molar-refractivity contribution in [1.29, 1.82) is 0 Å². The van der Waals surface area contributed by atoms with E-state index in [1.807, 2.05) is 13.0 Å². The predicted octanol–water partition coefficient (Wildman–Crippen LogP) is 4.88. The number of para-hydroxylation sites is 1. The SMILES string of the molecule is CCc1nc(OCC(=O)Nc2ccc(Cl)c(C(F)(F)F)c2)c2ccccc2n1. The van der Waals surface area contributed by atoms with E-state index in [-0.39, 0.29) is 11.6 Å². The standard InChI is InChI=1S/C19H15ClF3N3O2/c1-2-16-25-15-6-4-3-5-12(15)18(26-16)28-10-17(27)24-11-7-8-14(20)13(9-11)19(21,22)23/h3-9H,2,10H2,1H3,(H,24,27). The van der Waals surface area contributed by atoms with Crippen LogP contribution < -0.4 is 10.1 Å². The second kappa shape index (κ2) is 8.02. The Balaban J connectivity index is 1.74. The monoisotopic (exact) mass is 409 g/mol. The lowest BCUT2D eigenvalue weighted by molar-refractivity contribution is -0.137. The highest BCUT2D eigenvalue weighted by atomic mass is 35.5. The van der Waals surface area contributed by atoms with Gasteiger partial charge in [-0.2, -0.15) is 18.2 Å². The number of ether oxygens (including phenoxy) is 1. The van der Waals surface area contributed by atoms with Crippen molar-refractivity contribution in [3.8, 4) is 5.88 Å². The lowest BCUT2D eigenvalue weighted by Crippen LogP contribution is -2.21. The molecule has 28 heavy (non-hydrogen) atoms. The zero-order valence-electron chi connectivity index (χ0n) is 14.7. The summed E-state index contributed by atoms with van der Waals surface area (Å²) in [6.07, 6.45) is -4.04. The van der Waals surface area contributed by atoms with Gasteiger partial charge in [-0.05, 0) is 30.3 Å². The van der Waals surface area contributed by atoms with Crippen molar-refractivity contribution in [2.45, 2.75) is 19.5 Å². The van der Waals surface area contributed by atoms with Gasteiger partial charge in [-0.1, -0.05) is 30.7 Å². The number of amides is 1. The van der Waals surface area contributed by atoms with E-state index in [9.17, 15) is 18.0 Å². The van der Waals surface area contributed by atoms with E-state index in [2.05, 4.69) is 15.3 Å². The zero-order chi connectivity index (χ0) is 20.3. The van der Waals surface area contributed by atoms with Crippen molar-refractivity contribution in [3.63, 3.8) is 0 Å². The van der Waals surface area contributed by atoms with Gasteiger partial charge >= 0.3 is 6.18 Å². The van der Waals surface area contributed by atoms with Gasteiger partial charge in [-0.25, -0.2) is 4.98 Å². The largest absolute Gasteiger partial charge is 0.467 e. The number of rotatable bonds is 5. The van der Waals surface area contributed by atoms with Crippen LogP contribution in [0.3, 0.4) is 0 Å². The minimum atomic E-state index is -4.62. The minimum absolute atomic E-state index is 0.0351. The molecule has 0 unspecified atom stereocenters. The molecule has 3 aromatic rings. The number of alkyl halides is 3. The van der Waals surface area contributed by atoms with Crippen LogP contribution in [0.2, 0.25) is 5.02 Å². The van der Waals surface area contributed by atoms with E-state index >= 15 is 0 Å². The van der Waals surface area contributed by atoms with Gasteiger partial charge in [0.25, 0.3) is 5.91 Å². The third-order valence-corrected chi connectivity index (χ3v) is 4.16. The molecule has 0 saturated heterocycles. The number of anilines is 1. The fraction of sp³-hybridized carbons (Fsp3) is 0.211. The van der Waals surface area contributed by atoms with Gasteiger partial charge in [-0.3, -0.25) is 4.79 Å². The normalized spacial score (nSPS) is 11.5. The van der Waals surface area contributed by atoms with E-state index in [0.717, 1.165) is 12.1 Å². The number of benzene rings is 2. The molecule has 5 nitrogen and oxygen atoms in total. The molecule has 0 aliphatic carbocycles. The Labute approximate surface area is 163 Å². The molecule has 3 rings (SSSR count). The van der Waals surface area contributed by atoms with Crippen LogP contribution in [0.4, 0.5) is 18.9 Å². The molecule has 0 saturated carbocycles. The number of aromatic nitrogens is 2. The fourth-order valence-electron chi connectivity index (χ4n) is 2.51. The number of nitrogens with one attached hydrogen (secondary N) is 1. The zero-order valence-corrected chi connectivity index (χ0v) is 15.4. The molecule has 0 spiro atoms. The Morgan fingerprint density at radius 2 is 1.93 bits per heavy atom. The number of aryl methyl sites for hydroxylation is 1. The summed E-state index contributed by atoms with van der Waals surface area (Å²) in [6.45, 7) is 1.47. The summed E-state index contributed by atoms with van der Waals surface area (Å²) in [4.78, 5) is 20.8. The van der Waals surface area contributed by atoms with Crippen molar-refractivity contribution >= 4 is 34.1 Å². The highest BCUT2D eigenvalue weighted by Gasteiger charge is 2.33. The molecule has 0 fully saturated rings. The molecule has 0 atom stereocenters. The Morgan fingerprint density at radius 1 is 1.18 bits per heavy atom. The Hall–Kier alpha value is -2.87. The highest BCUT2D eigenvalue weighted by Crippen LogP contribution is 2.36. The summed E-state index contributed by atoms with van der Waals surface area (Å²) in [5.41, 5.74) is -0.383. The molecule has 1 N–H and O–H groups in total. The highest BCUT2D eigenvalue weighted by molar-refractivity contribution is 6.31. The van der Waals surface area contributed by atoms with Gasteiger partial charge in [0.15, 0.2) is 6.61 Å².